The number of nitrogens with two attached hydrogens (primary N) is 1. The fourth-order valence-electron chi connectivity index (χ4n) is 0.889. The van der Waals surface area contributed by atoms with E-state index in [2.05, 4.69) is 13.8 Å². The van der Waals surface area contributed by atoms with Crippen LogP contribution >= 0.6 is 0 Å². The monoisotopic (exact) mass is 131 g/mol. The number of hydrogen-bond donors (Lipinski definition) is 2. The van der Waals surface area contributed by atoms with E-state index in [9.17, 15) is 0 Å². The largest absolute Gasteiger partial charge is 0.396 e. The van der Waals surface area contributed by atoms with Crippen LogP contribution in [-0.2, 0) is 0 Å². The van der Waals surface area contributed by atoms with E-state index in [1.165, 1.54) is 0 Å². The van der Waals surface area contributed by atoms with Crippen molar-refractivity contribution in [1.29, 1.82) is 0 Å². The smallest absolute Gasteiger partial charge is 0.0445 e. The Morgan fingerprint density at radius 2 is 2.00 bits per heavy atom. The molecule has 0 heterocycles. The second-order valence-corrected chi connectivity index (χ2v) is 2.90. The summed E-state index contributed by atoms with van der Waals surface area (Å²) in [6.07, 6.45) is 1.75. The molecular formula is C7H17NO. The van der Waals surface area contributed by atoms with E-state index in [0.29, 0.717) is 5.92 Å². The van der Waals surface area contributed by atoms with Crippen molar-refractivity contribution >= 4 is 0 Å². The van der Waals surface area contributed by atoms with Crippen LogP contribution < -0.4 is 5.73 Å². The van der Waals surface area contributed by atoms with E-state index in [0.717, 1.165) is 12.8 Å². The molecule has 0 rings (SSSR count). The highest BCUT2D eigenvalue weighted by Gasteiger charge is 2.02. The van der Waals surface area contributed by atoms with Gasteiger partial charge in [0.1, 0.15) is 0 Å². The highest BCUT2D eigenvalue weighted by molar-refractivity contribution is 4.61. The van der Waals surface area contributed by atoms with Gasteiger partial charge in [0.2, 0.25) is 0 Å². The quantitative estimate of drug-likeness (QED) is 0.591. The van der Waals surface area contributed by atoms with Gasteiger partial charge in [-0.1, -0.05) is 13.8 Å². The standard InChI is InChI=1S/C7H17NO/c1-6(2)5-7(8)3-4-9/h6-7,9H,3-5,8H2,1-2H3/t7-/m1/s1. The number of hydrogen-bond acceptors (Lipinski definition) is 2. The predicted octanol–water partition coefficient (Wildman–Crippen LogP) is 0.742. The maximum absolute atomic E-state index is 8.47. The van der Waals surface area contributed by atoms with Crippen molar-refractivity contribution in [2.75, 3.05) is 6.61 Å². The van der Waals surface area contributed by atoms with Crippen LogP contribution in [0.4, 0.5) is 0 Å². The molecular weight excluding hydrogens is 114 g/mol. The Kier molecular flexibility index (Phi) is 4.72. The van der Waals surface area contributed by atoms with E-state index in [-0.39, 0.29) is 12.6 Å². The predicted molar refractivity (Wildman–Crippen MR) is 39.1 cm³/mol. The van der Waals surface area contributed by atoms with Gasteiger partial charge in [0.25, 0.3) is 0 Å². The van der Waals surface area contributed by atoms with E-state index >= 15 is 0 Å². The van der Waals surface area contributed by atoms with E-state index < -0.39 is 0 Å². The lowest BCUT2D eigenvalue weighted by Crippen LogP contribution is -2.23. The minimum atomic E-state index is 0.190. The zero-order valence-electron chi connectivity index (χ0n) is 6.30. The fourth-order valence-corrected chi connectivity index (χ4v) is 0.889. The Balaban J connectivity index is 3.15. The van der Waals surface area contributed by atoms with Gasteiger partial charge in [0, 0.05) is 12.6 Å². The maximum Gasteiger partial charge on any atom is 0.0445 e. The van der Waals surface area contributed by atoms with Gasteiger partial charge < -0.3 is 10.8 Å². The van der Waals surface area contributed by atoms with Gasteiger partial charge in [-0.2, -0.15) is 0 Å². The summed E-state index contributed by atoms with van der Waals surface area (Å²) in [4.78, 5) is 0. The third kappa shape index (κ3) is 5.80. The lowest BCUT2D eigenvalue weighted by atomic mass is 10.0. The second kappa shape index (κ2) is 4.77. The Bertz CT molecular complexity index is 63.9. The third-order valence-electron chi connectivity index (χ3n) is 1.27. The van der Waals surface area contributed by atoms with Crippen molar-refractivity contribution in [2.24, 2.45) is 11.7 Å². The van der Waals surface area contributed by atoms with Crippen molar-refractivity contribution in [3.05, 3.63) is 0 Å². The zero-order chi connectivity index (χ0) is 7.28. The van der Waals surface area contributed by atoms with E-state index in [1.54, 1.807) is 0 Å². The minimum Gasteiger partial charge on any atom is -0.396 e. The Morgan fingerprint density at radius 3 is 2.33 bits per heavy atom. The summed E-state index contributed by atoms with van der Waals surface area (Å²) in [5, 5.41) is 8.47. The zero-order valence-corrected chi connectivity index (χ0v) is 6.30. The molecule has 0 aromatic carbocycles. The molecule has 0 aliphatic heterocycles. The van der Waals surface area contributed by atoms with Crippen LogP contribution in [0.1, 0.15) is 26.7 Å². The number of aliphatic hydroxyl groups is 1. The summed E-state index contributed by atoms with van der Waals surface area (Å²) >= 11 is 0. The molecule has 2 heteroatoms. The SMILES string of the molecule is CC(C)C[C@H](N)CCO. The molecule has 1 atom stereocenters. The van der Waals surface area contributed by atoms with Crippen LogP contribution in [0.25, 0.3) is 0 Å². The maximum atomic E-state index is 8.47. The van der Waals surface area contributed by atoms with Crippen molar-refractivity contribution in [2.45, 2.75) is 32.7 Å². The van der Waals surface area contributed by atoms with Gasteiger partial charge >= 0.3 is 0 Å². The molecule has 3 N–H and O–H groups in total. The molecule has 0 fully saturated rings. The second-order valence-electron chi connectivity index (χ2n) is 2.90. The van der Waals surface area contributed by atoms with Crippen molar-refractivity contribution in [3.8, 4) is 0 Å². The first-order valence-corrected chi connectivity index (χ1v) is 3.53. The van der Waals surface area contributed by atoms with Crippen molar-refractivity contribution in [3.63, 3.8) is 0 Å². The molecule has 0 spiro atoms. The first kappa shape index (κ1) is 8.92. The molecule has 0 saturated heterocycles. The summed E-state index contributed by atoms with van der Waals surface area (Å²) in [6, 6.07) is 0.190. The topological polar surface area (TPSA) is 46.2 Å². The van der Waals surface area contributed by atoms with Crippen molar-refractivity contribution in [1.82, 2.24) is 0 Å². The molecule has 0 aliphatic rings. The normalized spacial score (nSPS) is 14.3. The third-order valence-corrected chi connectivity index (χ3v) is 1.27. The van der Waals surface area contributed by atoms with Crippen LogP contribution in [0.2, 0.25) is 0 Å². The Hall–Kier alpha value is -0.0800. The molecule has 2 nitrogen and oxygen atoms in total. The van der Waals surface area contributed by atoms with Crippen LogP contribution in [-0.4, -0.2) is 17.8 Å². The highest BCUT2D eigenvalue weighted by Crippen LogP contribution is 2.04. The van der Waals surface area contributed by atoms with Crippen LogP contribution in [0, 0.1) is 5.92 Å². The van der Waals surface area contributed by atoms with Crippen LogP contribution in [0.15, 0.2) is 0 Å². The van der Waals surface area contributed by atoms with Crippen molar-refractivity contribution < 1.29 is 5.11 Å². The molecule has 56 valence electrons. The average Bonchev–Trinajstić information content (AvgIpc) is 1.63. The summed E-state index contributed by atoms with van der Waals surface area (Å²) in [7, 11) is 0. The Morgan fingerprint density at radius 1 is 1.44 bits per heavy atom. The molecule has 0 bridgehead atoms. The summed E-state index contributed by atoms with van der Waals surface area (Å²) in [6.45, 7) is 4.49. The Labute approximate surface area is 57.1 Å². The van der Waals surface area contributed by atoms with Gasteiger partial charge in [-0.3, -0.25) is 0 Å². The first-order valence-electron chi connectivity index (χ1n) is 3.53. The van der Waals surface area contributed by atoms with E-state index in [1.807, 2.05) is 0 Å². The van der Waals surface area contributed by atoms with Gasteiger partial charge in [-0.05, 0) is 18.8 Å². The van der Waals surface area contributed by atoms with Gasteiger partial charge in [-0.15, -0.1) is 0 Å². The molecule has 0 saturated carbocycles. The fraction of sp³-hybridized carbons (Fsp3) is 1.00. The van der Waals surface area contributed by atoms with E-state index in [4.69, 9.17) is 10.8 Å². The molecule has 9 heavy (non-hydrogen) atoms. The molecule has 0 amide bonds. The molecule has 0 radical (unpaired) electrons. The van der Waals surface area contributed by atoms with Crippen LogP contribution in [0.5, 0.6) is 0 Å². The summed E-state index contributed by atoms with van der Waals surface area (Å²) < 4.78 is 0. The molecule has 0 unspecified atom stereocenters. The number of aliphatic hydroxyl groups excluding tert-OH is 1. The first-order chi connectivity index (χ1) is 4.16. The molecule has 0 aromatic rings. The number of rotatable bonds is 4. The van der Waals surface area contributed by atoms with Gasteiger partial charge in [0.15, 0.2) is 0 Å². The van der Waals surface area contributed by atoms with Crippen LogP contribution in [0.3, 0.4) is 0 Å². The summed E-state index contributed by atoms with van der Waals surface area (Å²) in [5.41, 5.74) is 5.63. The molecule has 0 aliphatic carbocycles. The molecule has 0 aromatic heterocycles. The van der Waals surface area contributed by atoms with Gasteiger partial charge in [-0.25, -0.2) is 0 Å². The minimum absolute atomic E-state index is 0.190. The van der Waals surface area contributed by atoms with Gasteiger partial charge in [0.05, 0.1) is 0 Å². The average molecular weight is 131 g/mol. The summed E-state index contributed by atoms with van der Waals surface area (Å²) in [5.74, 6) is 0.645. The lowest BCUT2D eigenvalue weighted by Gasteiger charge is -2.11. The highest BCUT2D eigenvalue weighted by atomic mass is 16.3. The lowest BCUT2D eigenvalue weighted by molar-refractivity contribution is 0.268.